The molecule has 0 saturated carbocycles. The Balaban J connectivity index is 0.00000242. The number of nitrogens with two attached hydrogens (primary N) is 1. The number of methoxy groups -OCH3 is 2. The van der Waals surface area contributed by atoms with Crippen LogP contribution < -0.4 is 19.9 Å². The molecule has 0 spiro atoms. The number of hydrogen-bond donors (Lipinski definition) is 2. The number of rotatable bonds is 5. The summed E-state index contributed by atoms with van der Waals surface area (Å²) in [6, 6.07) is 7.66. The zero-order valence-electron chi connectivity index (χ0n) is 12.4. The summed E-state index contributed by atoms with van der Waals surface area (Å²) in [4.78, 5) is 8.10. The molecule has 1 aromatic carbocycles. The molecule has 0 saturated heterocycles. The van der Waals surface area contributed by atoms with Gasteiger partial charge in [-0.05, 0) is 24.3 Å². The number of sulfonamides is 1. The molecule has 8 nitrogen and oxygen atoms in total. The van der Waals surface area contributed by atoms with Crippen molar-refractivity contribution in [3.8, 4) is 11.9 Å². The second-order valence-electron chi connectivity index (χ2n) is 3.98. The van der Waals surface area contributed by atoms with Gasteiger partial charge in [0.1, 0.15) is 5.82 Å². The van der Waals surface area contributed by atoms with Crippen LogP contribution in [0.25, 0.3) is 0 Å². The third-order valence-corrected chi connectivity index (χ3v) is 3.46. The molecule has 0 bridgehead atoms. The molecule has 0 aliphatic heterocycles. The predicted molar refractivity (Wildman–Crippen MR) is 82.0 cm³/mol. The fourth-order valence-corrected chi connectivity index (χ4v) is 2.05. The average molecular weight is 333 g/mol. The first-order valence-corrected chi connectivity index (χ1v) is 7.34. The molecular formula is C12H14N4NaO4S. The number of ether oxygens (including phenoxy) is 2. The quantitative estimate of drug-likeness (QED) is 0.765. The molecule has 0 fully saturated rings. The van der Waals surface area contributed by atoms with Crippen LogP contribution in [-0.4, -0.2) is 62.2 Å². The molecule has 3 N–H and O–H groups in total. The van der Waals surface area contributed by atoms with Crippen molar-refractivity contribution in [2.45, 2.75) is 4.90 Å². The number of nitrogens with one attached hydrogen (secondary N) is 1. The predicted octanol–water partition coefficient (Wildman–Crippen LogP) is 0.504. The van der Waals surface area contributed by atoms with Crippen molar-refractivity contribution in [3.05, 3.63) is 30.3 Å². The van der Waals surface area contributed by atoms with Crippen molar-refractivity contribution in [2.24, 2.45) is 5.14 Å². The van der Waals surface area contributed by atoms with Crippen molar-refractivity contribution >= 4 is 51.1 Å². The smallest absolute Gasteiger partial charge is 0.321 e. The third kappa shape index (κ3) is 4.82. The Hall–Kier alpha value is -1.39. The number of nitrogens with zero attached hydrogens (tertiary/aromatic N) is 2. The minimum Gasteiger partial charge on any atom is -0.481 e. The molecule has 2 rings (SSSR count). The van der Waals surface area contributed by atoms with Crippen LogP contribution in [0.15, 0.2) is 35.2 Å². The van der Waals surface area contributed by atoms with Gasteiger partial charge in [0, 0.05) is 41.3 Å². The number of anilines is 2. The summed E-state index contributed by atoms with van der Waals surface area (Å²) in [6.45, 7) is 0. The molecule has 1 aromatic heterocycles. The van der Waals surface area contributed by atoms with Crippen LogP contribution in [0, 0.1) is 0 Å². The molecule has 0 aliphatic carbocycles. The van der Waals surface area contributed by atoms with E-state index in [9.17, 15) is 8.42 Å². The fourth-order valence-electron chi connectivity index (χ4n) is 1.54. The number of hydrogen-bond acceptors (Lipinski definition) is 7. The standard InChI is InChI=1S/C12H14N4O4S.Na/c1-19-11-7-10(15-12(16-11)20-2)14-8-3-5-9(6-4-8)21(13,17)18;/h3-7H,1-2H3,(H2,13,17,18)(H,14,15,16);. The Kier molecular flexibility index (Phi) is 6.57. The van der Waals surface area contributed by atoms with Crippen molar-refractivity contribution in [1.82, 2.24) is 9.97 Å². The van der Waals surface area contributed by atoms with Crippen LogP contribution in [0.5, 0.6) is 11.9 Å². The Morgan fingerprint density at radius 2 is 1.73 bits per heavy atom. The van der Waals surface area contributed by atoms with Gasteiger partial charge in [-0.2, -0.15) is 9.97 Å². The maximum Gasteiger partial charge on any atom is 0.321 e. The fraction of sp³-hybridized carbons (Fsp3) is 0.167. The second kappa shape index (κ2) is 7.75. The van der Waals surface area contributed by atoms with E-state index in [1.807, 2.05) is 0 Å². The maximum atomic E-state index is 11.2. The van der Waals surface area contributed by atoms with Crippen molar-refractivity contribution < 1.29 is 17.9 Å². The topological polar surface area (TPSA) is 116 Å². The third-order valence-electron chi connectivity index (χ3n) is 2.53. The van der Waals surface area contributed by atoms with Crippen LogP contribution in [0.4, 0.5) is 11.5 Å². The van der Waals surface area contributed by atoms with Crippen LogP contribution in [0.1, 0.15) is 0 Å². The molecule has 0 aliphatic rings. The van der Waals surface area contributed by atoms with E-state index in [2.05, 4.69) is 15.3 Å². The van der Waals surface area contributed by atoms with Gasteiger partial charge >= 0.3 is 6.01 Å². The monoisotopic (exact) mass is 333 g/mol. The van der Waals surface area contributed by atoms with Crippen LogP contribution in [0.2, 0.25) is 0 Å². The van der Waals surface area contributed by atoms with Gasteiger partial charge in [0.05, 0.1) is 19.1 Å². The van der Waals surface area contributed by atoms with E-state index in [0.717, 1.165) is 0 Å². The van der Waals surface area contributed by atoms with Crippen molar-refractivity contribution in [1.29, 1.82) is 0 Å². The van der Waals surface area contributed by atoms with E-state index < -0.39 is 10.0 Å². The van der Waals surface area contributed by atoms with Crippen LogP contribution in [-0.2, 0) is 10.0 Å². The summed E-state index contributed by atoms with van der Waals surface area (Å²) in [5, 5.41) is 8.02. The first-order valence-electron chi connectivity index (χ1n) is 5.79. The van der Waals surface area contributed by atoms with Gasteiger partial charge in [-0.15, -0.1) is 0 Å². The van der Waals surface area contributed by atoms with Crippen molar-refractivity contribution in [3.63, 3.8) is 0 Å². The van der Waals surface area contributed by atoms with Crippen molar-refractivity contribution in [2.75, 3.05) is 19.5 Å². The summed E-state index contributed by atoms with van der Waals surface area (Å²) in [5.74, 6) is 0.785. The van der Waals surface area contributed by atoms with Crippen LogP contribution >= 0.6 is 0 Å². The summed E-state index contributed by atoms with van der Waals surface area (Å²) in [7, 11) is -0.785. The average Bonchev–Trinajstić information content (AvgIpc) is 2.46. The van der Waals surface area contributed by atoms with E-state index >= 15 is 0 Å². The zero-order chi connectivity index (χ0) is 15.5. The van der Waals surface area contributed by atoms with Crippen LogP contribution in [0.3, 0.4) is 0 Å². The van der Waals surface area contributed by atoms with Gasteiger partial charge in [-0.3, -0.25) is 0 Å². The van der Waals surface area contributed by atoms with E-state index in [1.54, 1.807) is 18.2 Å². The number of primary sulfonamides is 1. The molecule has 2 aromatic rings. The molecule has 0 atom stereocenters. The minimum atomic E-state index is -3.71. The minimum absolute atomic E-state index is 0. The van der Waals surface area contributed by atoms with Gasteiger partial charge < -0.3 is 14.8 Å². The van der Waals surface area contributed by atoms with Gasteiger partial charge in [-0.1, -0.05) is 0 Å². The Morgan fingerprint density at radius 1 is 1.09 bits per heavy atom. The molecule has 22 heavy (non-hydrogen) atoms. The van der Waals surface area contributed by atoms with Gasteiger partial charge in [0.2, 0.25) is 15.9 Å². The van der Waals surface area contributed by atoms with Gasteiger partial charge in [0.15, 0.2) is 0 Å². The molecule has 113 valence electrons. The van der Waals surface area contributed by atoms with Gasteiger partial charge in [-0.25, -0.2) is 13.6 Å². The number of aromatic nitrogens is 2. The Labute approximate surface area is 150 Å². The first kappa shape index (κ1) is 18.7. The summed E-state index contributed by atoms with van der Waals surface area (Å²) < 4.78 is 32.3. The number of benzene rings is 1. The van der Waals surface area contributed by atoms with E-state index in [-0.39, 0.29) is 40.5 Å². The molecule has 10 heteroatoms. The molecular weight excluding hydrogens is 319 g/mol. The van der Waals surface area contributed by atoms with E-state index in [0.29, 0.717) is 17.4 Å². The molecule has 1 heterocycles. The first-order chi connectivity index (χ1) is 9.92. The second-order valence-corrected chi connectivity index (χ2v) is 5.54. The van der Waals surface area contributed by atoms with Gasteiger partial charge in [0.25, 0.3) is 0 Å². The molecule has 0 amide bonds. The summed E-state index contributed by atoms with van der Waals surface area (Å²) >= 11 is 0. The SMILES string of the molecule is COc1cc(Nc2ccc(S(N)(=O)=O)cc2)nc(OC)n1.[Na]. The Morgan fingerprint density at radius 3 is 2.23 bits per heavy atom. The summed E-state index contributed by atoms with van der Waals surface area (Å²) in [5.41, 5.74) is 0.630. The Bertz CT molecular complexity index is 715. The molecule has 1 radical (unpaired) electrons. The van der Waals surface area contributed by atoms with E-state index in [1.165, 1.54) is 26.4 Å². The zero-order valence-corrected chi connectivity index (χ0v) is 15.2. The molecule has 0 unspecified atom stereocenters. The summed E-state index contributed by atoms with van der Waals surface area (Å²) in [6.07, 6.45) is 0. The normalized spacial score (nSPS) is 10.5. The van der Waals surface area contributed by atoms with E-state index in [4.69, 9.17) is 14.6 Å². The maximum absolute atomic E-state index is 11.2. The largest absolute Gasteiger partial charge is 0.481 e.